The van der Waals surface area contributed by atoms with Gasteiger partial charge in [0.15, 0.2) is 0 Å². The Kier molecular flexibility index (Phi) is 6.39. The first-order chi connectivity index (χ1) is 15.4. The van der Waals surface area contributed by atoms with E-state index in [9.17, 15) is 9.59 Å². The number of fused-ring (bicyclic) bond motifs is 1. The number of methoxy groups -OCH3 is 1. The molecule has 2 heterocycles. The summed E-state index contributed by atoms with van der Waals surface area (Å²) in [5, 5.41) is 4.44. The van der Waals surface area contributed by atoms with Crippen molar-refractivity contribution < 1.29 is 14.3 Å². The van der Waals surface area contributed by atoms with Crippen LogP contribution in [0.25, 0.3) is 10.9 Å². The number of ether oxygens (including phenoxy) is 1. The van der Waals surface area contributed by atoms with Crippen molar-refractivity contribution in [2.75, 3.05) is 50.1 Å². The van der Waals surface area contributed by atoms with Crippen LogP contribution in [0.5, 0.6) is 0 Å². The maximum absolute atomic E-state index is 12.9. The predicted molar refractivity (Wildman–Crippen MR) is 128 cm³/mol. The largest absolute Gasteiger partial charge is 0.464 e. The summed E-state index contributed by atoms with van der Waals surface area (Å²) in [6.07, 6.45) is 0. The Morgan fingerprint density at radius 3 is 2.56 bits per heavy atom. The molecule has 1 aromatic heterocycles. The van der Waals surface area contributed by atoms with Gasteiger partial charge < -0.3 is 19.9 Å². The molecule has 2 aromatic carbocycles. The number of aryl methyl sites for hydroxylation is 2. The van der Waals surface area contributed by atoms with Crippen molar-refractivity contribution in [1.29, 1.82) is 0 Å². The molecule has 0 radical (unpaired) electrons. The van der Waals surface area contributed by atoms with Gasteiger partial charge in [-0.05, 0) is 43.2 Å². The summed E-state index contributed by atoms with van der Waals surface area (Å²) < 4.78 is 4.89. The first-order valence-electron chi connectivity index (χ1n) is 10.6. The Hall–Kier alpha value is -3.03. The number of H-pyrrole nitrogens is 1. The van der Waals surface area contributed by atoms with Gasteiger partial charge in [-0.25, -0.2) is 4.79 Å². The van der Waals surface area contributed by atoms with Gasteiger partial charge in [0.25, 0.3) is 0 Å². The van der Waals surface area contributed by atoms with E-state index in [-0.39, 0.29) is 18.1 Å². The van der Waals surface area contributed by atoms with E-state index in [0.29, 0.717) is 5.69 Å². The molecule has 0 spiro atoms. The van der Waals surface area contributed by atoms with Crippen LogP contribution in [0.1, 0.15) is 21.6 Å². The lowest BCUT2D eigenvalue weighted by Crippen LogP contribution is -2.48. The number of halogens is 1. The van der Waals surface area contributed by atoms with Gasteiger partial charge in [0.1, 0.15) is 5.69 Å². The van der Waals surface area contributed by atoms with Gasteiger partial charge in [-0.15, -0.1) is 0 Å². The molecular formula is C24H27ClN4O3. The van der Waals surface area contributed by atoms with Crippen LogP contribution in [0, 0.1) is 13.8 Å². The lowest BCUT2D eigenvalue weighted by molar-refractivity contribution is -0.117. The molecule has 1 aliphatic heterocycles. The molecule has 3 aromatic rings. The second-order valence-electron chi connectivity index (χ2n) is 8.16. The van der Waals surface area contributed by atoms with Crippen molar-refractivity contribution in [1.82, 2.24) is 9.88 Å². The van der Waals surface area contributed by atoms with Crippen molar-refractivity contribution in [2.24, 2.45) is 0 Å². The van der Waals surface area contributed by atoms with Crippen LogP contribution in [0.3, 0.4) is 0 Å². The monoisotopic (exact) mass is 454 g/mol. The molecule has 0 saturated carbocycles. The van der Waals surface area contributed by atoms with Crippen LogP contribution >= 0.6 is 11.6 Å². The molecule has 1 amide bonds. The van der Waals surface area contributed by atoms with E-state index >= 15 is 0 Å². The number of benzene rings is 2. The molecule has 7 nitrogen and oxygen atoms in total. The van der Waals surface area contributed by atoms with Gasteiger partial charge in [-0.2, -0.15) is 0 Å². The van der Waals surface area contributed by atoms with Gasteiger partial charge in [-0.3, -0.25) is 9.69 Å². The highest BCUT2D eigenvalue weighted by atomic mass is 35.5. The van der Waals surface area contributed by atoms with Crippen molar-refractivity contribution >= 4 is 45.8 Å². The zero-order chi connectivity index (χ0) is 22.8. The van der Waals surface area contributed by atoms with Crippen LogP contribution in [-0.2, 0) is 9.53 Å². The second kappa shape index (κ2) is 9.22. The zero-order valence-electron chi connectivity index (χ0n) is 18.5. The van der Waals surface area contributed by atoms with Gasteiger partial charge in [0, 0.05) is 47.8 Å². The number of amides is 1. The third-order valence-corrected chi connectivity index (χ3v) is 6.09. The van der Waals surface area contributed by atoms with Crippen LogP contribution in [0.2, 0.25) is 5.02 Å². The Morgan fingerprint density at radius 2 is 1.84 bits per heavy atom. The number of esters is 1. The average molecular weight is 455 g/mol. The van der Waals surface area contributed by atoms with E-state index in [0.717, 1.165) is 53.4 Å². The maximum atomic E-state index is 12.9. The normalized spacial score (nSPS) is 14.6. The summed E-state index contributed by atoms with van der Waals surface area (Å²) in [5.74, 6) is -0.677. The molecule has 32 heavy (non-hydrogen) atoms. The van der Waals surface area contributed by atoms with E-state index in [1.54, 1.807) is 0 Å². The number of carbonyl (C=O) groups is 2. The Morgan fingerprint density at radius 1 is 1.09 bits per heavy atom. The van der Waals surface area contributed by atoms with Crippen molar-refractivity contribution in [2.45, 2.75) is 13.8 Å². The highest BCUT2D eigenvalue weighted by Crippen LogP contribution is 2.29. The molecule has 0 aliphatic carbocycles. The second-order valence-corrected chi connectivity index (χ2v) is 8.59. The van der Waals surface area contributed by atoms with Crippen LogP contribution in [0.4, 0.5) is 11.4 Å². The first-order valence-corrected chi connectivity index (χ1v) is 11.0. The highest BCUT2D eigenvalue weighted by molar-refractivity contribution is 6.30. The van der Waals surface area contributed by atoms with Crippen molar-refractivity contribution in [3.05, 3.63) is 58.2 Å². The number of hydrogen-bond donors (Lipinski definition) is 2. The smallest absolute Gasteiger partial charge is 0.356 e. The summed E-state index contributed by atoms with van der Waals surface area (Å²) >= 11 is 6.17. The highest BCUT2D eigenvalue weighted by Gasteiger charge is 2.23. The molecule has 0 unspecified atom stereocenters. The minimum absolute atomic E-state index is 0.163. The number of aromatic nitrogens is 1. The number of rotatable bonds is 5. The molecule has 4 rings (SSSR count). The van der Waals surface area contributed by atoms with Crippen molar-refractivity contribution in [3.8, 4) is 0 Å². The Labute approximate surface area is 192 Å². The number of nitrogens with zero attached hydrogens (tertiary/aromatic N) is 2. The molecule has 0 atom stereocenters. The fourth-order valence-corrected chi connectivity index (χ4v) is 4.31. The average Bonchev–Trinajstić information content (AvgIpc) is 3.12. The molecule has 1 aliphatic rings. The van der Waals surface area contributed by atoms with Crippen molar-refractivity contribution in [3.63, 3.8) is 0 Å². The van der Waals surface area contributed by atoms with E-state index in [4.69, 9.17) is 16.3 Å². The minimum Gasteiger partial charge on any atom is -0.464 e. The molecule has 2 N–H and O–H groups in total. The maximum Gasteiger partial charge on any atom is 0.356 e. The summed E-state index contributed by atoms with van der Waals surface area (Å²) in [5.41, 5.74) is 4.88. The lowest BCUT2D eigenvalue weighted by Gasteiger charge is -2.36. The third-order valence-electron chi connectivity index (χ3n) is 5.86. The van der Waals surface area contributed by atoms with E-state index in [2.05, 4.69) is 27.0 Å². The van der Waals surface area contributed by atoms with Gasteiger partial charge in [-0.1, -0.05) is 29.8 Å². The fraction of sp³-hybridized carbons (Fsp3) is 0.333. The van der Waals surface area contributed by atoms with E-state index in [1.807, 2.05) is 43.3 Å². The zero-order valence-corrected chi connectivity index (χ0v) is 19.3. The fourth-order valence-electron chi connectivity index (χ4n) is 4.15. The molecule has 1 fully saturated rings. The SMILES string of the molecule is COC(=O)c1[nH]c2cc(C)ccc2c1NC(=O)CN1CCN(c2cc(Cl)ccc2C)CC1. The molecule has 1 saturated heterocycles. The number of anilines is 2. The lowest BCUT2D eigenvalue weighted by atomic mass is 10.1. The number of nitrogens with one attached hydrogen (secondary N) is 2. The molecule has 168 valence electrons. The third kappa shape index (κ3) is 4.59. The molecule has 0 bridgehead atoms. The Bertz CT molecular complexity index is 1170. The van der Waals surface area contributed by atoms with Gasteiger partial charge >= 0.3 is 5.97 Å². The van der Waals surface area contributed by atoms with Crippen LogP contribution in [-0.4, -0.2) is 61.6 Å². The van der Waals surface area contributed by atoms with Gasteiger partial charge in [0.05, 0.1) is 19.3 Å². The quantitative estimate of drug-likeness (QED) is 0.570. The first kappa shape index (κ1) is 22.2. The number of aromatic amines is 1. The van der Waals surface area contributed by atoms with E-state index < -0.39 is 5.97 Å². The summed E-state index contributed by atoms with van der Waals surface area (Å²) in [6, 6.07) is 11.7. The number of carbonyl (C=O) groups excluding carboxylic acids is 2. The minimum atomic E-state index is -0.514. The number of piperazine rings is 1. The summed E-state index contributed by atoms with van der Waals surface area (Å²) in [4.78, 5) is 32.6. The molecule has 8 heteroatoms. The standard InChI is InChI=1S/C24H27ClN4O3/c1-15-4-7-18-19(12-15)26-23(24(31)32-3)22(18)27-21(30)14-28-8-10-29(11-9-28)20-13-17(25)6-5-16(20)2/h4-7,12-13,26H,8-11,14H2,1-3H3,(H,27,30). The number of hydrogen-bond acceptors (Lipinski definition) is 5. The topological polar surface area (TPSA) is 77.7 Å². The van der Waals surface area contributed by atoms with E-state index in [1.165, 1.54) is 12.7 Å². The van der Waals surface area contributed by atoms with Crippen LogP contribution < -0.4 is 10.2 Å². The van der Waals surface area contributed by atoms with Crippen LogP contribution in [0.15, 0.2) is 36.4 Å². The Balaban J connectivity index is 1.43. The summed E-state index contributed by atoms with van der Waals surface area (Å²) in [6.45, 7) is 7.45. The molecular weight excluding hydrogens is 428 g/mol. The predicted octanol–water partition coefficient (Wildman–Crippen LogP) is 3.99. The summed E-state index contributed by atoms with van der Waals surface area (Å²) in [7, 11) is 1.33. The van der Waals surface area contributed by atoms with Gasteiger partial charge in [0.2, 0.25) is 5.91 Å².